The molecule has 4 nitrogen and oxygen atoms in total. The smallest absolute Gasteiger partial charge is 0.325 e. The number of nitrogens with one attached hydrogen (secondary N) is 1. The van der Waals surface area contributed by atoms with Crippen molar-refractivity contribution in [1.82, 2.24) is 5.32 Å². The molecule has 0 saturated heterocycles. The summed E-state index contributed by atoms with van der Waals surface area (Å²) in [6, 6.07) is 0.171. The quantitative estimate of drug-likeness (QED) is 0.546. The number of hydrogen-bond donors (Lipinski definition) is 3. The van der Waals surface area contributed by atoms with Gasteiger partial charge in [-0.25, -0.2) is 0 Å². The van der Waals surface area contributed by atoms with Crippen LogP contribution in [0.15, 0.2) is 0 Å². The minimum absolute atomic E-state index is 0.171. The van der Waals surface area contributed by atoms with Crippen molar-refractivity contribution in [3.05, 3.63) is 0 Å². The number of carboxylic acid groups (broad SMARTS) is 1. The largest absolute Gasteiger partial charge is 0.480 e. The van der Waals surface area contributed by atoms with Crippen molar-refractivity contribution in [1.29, 1.82) is 0 Å². The molecule has 0 aromatic heterocycles. The van der Waals surface area contributed by atoms with Gasteiger partial charge in [-0.15, -0.1) is 0 Å². The van der Waals surface area contributed by atoms with Crippen LogP contribution in [0.1, 0.15) is 33.1 Å². The van der Waals surface area contributed by atoms with Crippen LogP contribution in [0, 0.1) is 5.92 Å². The first-order valence-corrected chi connectivity index (χ1v) is 7.38. The molecule has 1 aliphatic carbocycles. The van der Waals surface area contributed by atoms with Crippen molar-refractivity contribution < 1.29 is 15.0 Å². The molecule has 0 amide bonds. The van der Waals surface area contributed by atoms with E-state index in [1.807, 2.05) is 13.8 Å². The van der Waals surface area contributed by atoms with Crippen LogP contribution in [0.5, 0.6) is 0 Å². The zero-order valence-electron chi connectivity index (χ0n) is 10.6. The predicted molar refractivity (Wildman–Crippen MR) is 70.4 cm³/mol. The van der Waals surface area contributed by atoms with E-state index in [0.717, 1.165) is 25.0 Å². The molecule has 0 aliphatic heterocycles. The molecule has 0 spiro atoms. The fraction of sp³-hybridized carbons (Fsp3) is 0.917. The van der Waals surface area contributed by atoms with Gasteiger partial charge in [0.25, 0.3) is 0 Å². The average molecular weight is 261 g/mol. The third-order valence-electron chi connectivity index (χ3n) is 2.98. The number of rotatable bonds is 9. The van der Waals surface area contributed by atoms with E-state index < -0.39 is 11.5 Å². The van der Waals surface area contributed by atoms with Crippen LogP contribution in [0.25, 0.3) is 0 Å². The maximum absolute atomic E-state index is 11.6. The van der Waals surface area contributed by atoms with Gasteiger partial charge in [-0.3, -0.25) is 10.1 Å². The molecular weight excluding hydrogens is 238 g/mol. The van der Waals surface area contributed by atoms with E-state index in [-0.39, 0.29) is 18.6 Å². The lowest BCUT2D eigenvalue weighted by atomic mass is 9.94. The molecule has 3 N–H and O–H groups in total. The standard InChI is InChI=1S/C12H23NO3S/c1-9(2)13-12(11(15)16,10-4-5-10)8-17-7-3-6-14/h9-10,13-14H,3-8H2,1-2H3,(H,15,16). The maximum Gasteiger partial charge on any atom is 0.325 e. The molecule has 1 saturated carbocycles. The molecule has 17 heavy (non-hydrogen) atoms. The summed E-state index contributed by atoms with van der Waals surface area (Å²) < 4.78 is 0. The van der Waals surface area contributed by atoms with Gasteiger partial charge in [0.2, 0.25) is 0 Å². The van der Waals surface area contributed by atoms with E-state index in [1.54, 1.807) is 11.8 Å². The van der Waals surface area contributed by atoms with Crippen molar-refractivity contribution in [2.75, 3.05) is 18.1 Å². The second-order valence-corrected chi connectivity index (χ2v) is 6.08. The number of carbonyl (C=O) groups is 1. The van der Waals surface area contributed by atoms with Crippen LogP contribution in [0.2, 0.25) is 0 Å². The van der Waals surface area contributed by atoms with Crippen LogP contribution in [0.4, 0.5) is 0 Å². The normalized spacial score (nSPS) is 19.3. The van der Waals surface area contributed by atoms with E-state index in [1.165, 1.54) is 0 Å². The Labute approximate surface area is 107 Å². The van der Waals surface area contributed by atoms with Gasteiger partial charge in [0, 0.05) is 18.4 Å². The van der Waals surface area contributed by atoms with Crippen LogP contribution >= 0.6 is 11.8 Å². The Morgan fingerprint density at radius 2 is 2.18 bits per heavy atom. The zero-order valence-corrected chi connectivity index (χ0v) is 11.4. The number of aliphatic carboxylic acids is 1. The van der Waals surface area contributed by atoms with E-state index >= 15 is 0 Å². The lowest BCUT2D eigenvalue weighted by molar-refractivity contribution is -0.145. The van der Waals surface area contributed by atoms with Crippen molar-refractivity contribution >= 4 is 17.7 Å². The first-order valence-electron chi connectivity index (χ1n) is 6.22. The lowest BCUT2D eigenvalue weighted by Crippen LogP contribution is -2.58. The first kappa shape index (κ1) is 14.8. The van der Waals surface area contributed by atoms with Gasteiger partial charge in [-0.05, 0) is 44.8 Å². The molecule has 0 radical (unpaired) electrons. The zero-order chi connectivity index (χ0) is 12.9. The Kier molecular flexibility index (Phi) is 5.76. The van der Waals surface area contributed by atoms with E-state index in [0.29, 0.717) is 5.75 Å². The molecule has 0 heterocycles. The summed E-state index contributed by atoms with van der Waals surface area (Å²) in [4.78, 5) is 11.6. The monoisotopic (exact) mass is 261 g/mol. The molecule has 5 heteroatoms. The minimum Gasteiger partial charge on any atom is -0.480 e. The molecule has 0 aromatic carbocycles. The van der Waals surface area contributed by atoms with Gasteiger partial charge in [-0.2, -0.15) is 11.8 Å². The molecule has 1 unspecified atom stereocenters. The summed E-state index contributed by atoms with van der Waals surface area (Å²) in [6.45, 7) is 4.14. The number of hydrogen-bond acceptors (Lipinski definition) is 4. The number of carboxylic acids is 1. The molecule has 100 valence electrons. The fourth-order valence-electron chi connectivity index (χ4n) is 2.07. The molecule has 0 aromatic rings. The Morgan fingerprint density at radius 3 is 2.59 bits per heavy atom. The Hall–Kier alpha value is -0.260. The van der Waals surface area contributed by atoms with E-state index in [9.17, 15) is 9.90 Å². The van der Waals surface area contributed by atoms with E-state index in [2.05, 4.69) is 5.32 Å². The van der Waals surface area contributed by atoms with Crippen LogP contribution < -0.4 is 5.32 Å². The van der Waals surface area contributed by atoms with E-state index in [4.69, 9.17) is 5.11 Å². The predicted octanol–water partition coefficient (Wildman–Crippen LogP) is 1.33. The summed E-state index contributed by atoms with van der Waals surface area (Å²) in [6.07, 6.45) is 2.74. The number of thioether (sulfide) groups is 1. The second kappa shape index (κ2) is 6.61. The van der Waals surface area contributed by atoms with Gasteiger partial charge in [0.15, 0.2) is 0 Å². The molecular formula is C12H23NO3S. The van der Waals surface area contributed by atoms with Crippen molar-refractivity contribution in [2.24, 2.45) is 5.92 Å². The third-order valence-corrected chi connectivity index (χ3v) is 4.22. The summed E-state index contributed by atoms with van der Waals surface area (Å²) >= 11 is 1.62. The van der Waals surface area contributed by atoms with Crippen LogP contribution in [-0.2, 0) is 4.79 Å². The SMILES string of the molecule is CC(C)NC(CSCCCO)(C(=O)O)C1CC1. The van der Waals surface area contributed by atoms with Crippen molar-refractivity contribution in [3.63, 3.8) is 0 Å². The van der Waals surface area contributed by atoms with Crippen LogP contribution in [-0.4, -0.2) is 45.9 Å². The highest BCUT2D eigenvalue weighted by Crippen LogP contribution is 2.42. The highest BCUT2D eigenvalue weighted by molar-refractivity contribution is 7.99. The molecule has 1 aliphatic rings. The molecule has 1 atom stereocenters. The Balaban J connectivity index is 2.59. The third kappa shape index (κ3) is 4.16. The highest BCUT2D eigenvalue weighted by Gasteiger charge is 2.51. The van der Waals surface area contributed by atoms with Gasteiger partial charge in [-0.1, -0.05) is 0 Å². The minimum atomic E-state index is -0.770. The number of aliphatic hydroxyl groups is 1. The number of aliphatic hydroxyl groups excluding tert-OH is 1. The summed E-state index contributed by atoms with van der Waals surface area (Å²) in [5.74, 6) is 0.942. The molecule has 1 rings (SSSR count). The van der Waals surface area contributed by atoms with Gasteiger partial charge in [0.1, 0.15) is 5.54 Å². The highest BCUT2D eigenvalue weighted by atomic mass is 32.2. The molecule has 1 fully saturated rings. The lowest BCUT2D eigenvalue weighted by Gasteiger charge is -2.32. The second-order valence-electron chi connectivity index (χ2n) is 4.98. The van der Waals surface area contributed by atoms with Crippen LogP contribution in [0.3, 0.4) is 0 Å². The Bertz CT molecular complexity index is 256. The van der Waals surface area contributed by atoms with Gasteiger partial charge < -0.3 is 10.2 Å². The Morgan fingerprint density at radius 1 is 1.53 bits per heavy atom. The molecule has 0 bridgehead atoms. The van der Waals surface area contributed by atoms with Gasteiger partial charge >= 0.3 is 5.97 Å². The summed E-state index contributed by atoms with van der Waals surface area (Å²) in [7, 11) is 0. The maximum atomic E-state index is 11.6. The summed E-state index contributed by atoms with van der Waals surface area (Å²) in [5.41, 5.74) is -0.770. The summed E-state index contributed by atoms with van der Waals surface area (Å²) in [5, 5.41) is 21.5. The fourth-order valence-corrected chi connectivity index (χ4v) is 3.31. The average Bonchev–Trinajstić information content (AvgIpc) is 3.05. The van der Waals surface area contributed by atoms with Gasteiger partial charge in [0.05, 0.1) is 0 Å². The topological polar surface area (TPSA) is 69.6 Å². The first-order chi connectivity index (χ1) is 8.03. The van der Waals surface area contributed by atoms with Crippen molar-refractivity contribution in [3.8, 4) is 0 Å². The van der Waals surface area contributed by atoms with Crippen molar-refractivity contribution in [2.45, 2.75) is 44.7 Å².